The molecule has 0 amide bonds. The zero-order valence-electron chi connectivity index (χ0n) is 11.1. The van der Waals surface area contributed by atoms with Gasteiger partial charge in [-0.15, -0.1) is 0 Å². The number of nitrogens with zero attached hydrogens (tertiary/aromatic N) is 2. The molecule has 1 aromatic heterocycles. The molecule has 0 aromatic carbocycles. The highest BCUT2D eigenvalue weighted by atomic mass is 79.9. The Morgan fingerprint density at radius 1 is 1.47 bits per heavy atom. The average molecular weight is 328 g/mol. The van der Waals surface area contributed by atoms with Crippen molar-refractivity contribution in [3.8, 4) is 5.75 Å². The number of esters is 1. The zero-order chi connectivity index (χ0) is 13.8. The largest absolute Gasteiger partial charge is 0.487 e. The summed E-state index contributed by atoms with van der Waals surface area (Å²) in [6.07, 6.45) is 5.18. The first-order valence-corrected chi connectivity index (χ1v) is 7.13. The van der Waals surface area contributed by atoms with Crippen molar-refractivity contribution in [2.45, 2.75) is 38.7 Å². The highest BCUT2D eigenvalue weighted by molar-refractivity contribution is 9.10. The Labute approximate surface area is 120 Å². The Balaban J connectivity index is 2.00. The van der Waals surface area contributed by atoms with Gasteiger partial charge in [-0.05, 0) is 48.5 Å². The molecule has 2 atom stereocenters. The molecule has 1 aromatic rings. The third-order valence-corrected chi connectivity index (χ3v) is 3.74. The lowest BCUT2D eigenvalue weighted by Gasteiger charge is -2.28. The molecule has 0 aliphatic heterocycles. The van der Waals surface area contributed by atoms with Crippen LogP contribution in [-0.4, -0.2) is 29.2 Å². The Bertz CT molecular complexity index is 467. The Kier molecular flexibility index (Phi) is 4.74. The summed E-state index contributed by atoms with van der Waals surface area (Å²) in [6, 6.07) is 0. The van der Waals surface area contributed by atoms with Gasteiger partial charge in [-0.2, -0.15) is 0 Å². The van der Waals surface area contributed by atoms with Gasteiger partial charge in [-0.25, -0.2) is 9.97 Å². The standard InChI is InChI=1S/C13H17BrN2O3/c1-8-11(7-15-13(14)16-8)19-10-5-3-4-9(6-10)12(17)18-2/h7,9-10H,3-6H2,1-2H3/t9-,10-/m0/s1/i2-1. The predicted molar refractivity (Wildman–Crippen MR) is 72.9 cm³/mol. The minimum absolute atomic E-state index is 0.0290. The summed E-state index contributed by atoms with van der Waals surface area (Å²) in [5.41, 5.74) is 0.794. The Morgan fingerprint density at radius 3 is 2.95 bits per heavy atom. The topological polar surface area (TPSA) is 61.3 Å². The van der Waals surface area contributed by atoms with Crippen LogP contribution in [0.1, 0.15) is 31.4 Å². The van der Waals surface area contributed by atoms with E-state index in [2.05, 4.69) is 25.9 Å². The van der Waals surface area contributed by atoms with Crippen LogP contribution in [-0.2, 0) is 9.53 Å². The molecule has 1 aliphatic rings. The maximum atomic E-state index is 11.6. The summed E-state index contributed by atoms with van der Waals surface area (Å²) >= 11 is 3.22. The number of methoxy groups -OCH3 is 1. The van der Waals surface area contributed by atoms with Crippen molar-refractivity contribution < 1.29 is 14.3 Å². The molecule has 1 heterocycles. The van der Waals surface area contributed by atoms with Gasteiger partial charge in [0.1, 0.15) is 0 Å². The van der Waals surface area contributed by atoms with E-state index in [1.54, 1.807) is 6.20 Å². The minimum atomic E-state index is -0.142. The number of carbonyl (C=O) groups is 1. The first-order chi connectivity index (χ1) is 9.10. The maximum Gasteiger partial charge on any atom is 0.308 e. The van der Waals surface area contributed by atoms with Crippen molar-refractivity contribution in [2.24, 2.45) is 5.92 Å². The fourth-order valence-electron chi connectivity index (χ4n) is 2.36. The van der Waals surface area contributed by atoms with Crippen molar-refractivity contribution >= 4 is 21.9 Å². The van der Waals surface area contributed by atoms with Crippen LogP contribution in [0.25, 0.3) is 0 Å². The van der Waals surface area contributed by atoms with Crippen molar-refractivity contribution in [1.82, 2.24) is 9.97 Å². The molecule has 2 rings (SSSR count). The maximum absolute atomic E-state index is 11.6. The highest BCUT2D eigenvalue weighted by Gasteiger charge is 2.29. The van der Waals surface area contributed by atoms with Crippen LogP contribution in [0, 0.1) is 12.8 Å². The molecule has 0 N–H and O–H groups in total. The number of ether oxygens (including phenoxy) is 2. The van der Waals surface area contributed by atoms with Crippen LogP contribution < -0.4 is 4.74 Å². The van der Waals surface area contributed by atoms with Crippen LogP contribution in [0.4, 0.5) is 0 Å². The highest BCUT2D eigenvalue weighted by Crippen LogP contribution is 2.29. The van der Waals surface area contributed by atoms with E-state index in [0.717, 1.165) is 25.0 Å². The van der Waals surface area contributed by atoms with Crippen LogP contribution in [0.5, 0.6) is 5.75 Å². The molecule has 0 bridgehead atoms. The molecule has 5 nitrogen and oxygen atoms in total. The van der Waals surface area contributed by atoms with Crippen molar-refractivity contribution in [3.63, 3.8) is 0 Å². The lowest BCUT2D eigenvalue weighted by atomic mass is 9.87. The SMILES string of the molecule is Cc1nc(Br)ncc1O[C@H]1CCC[C@H](C(=O)O[11CH3])C1. The Morgan fingerprint density at radius 2 is 2.26 bits per heavy atom. The lowest BCUT2D eigenvalue weighted by Crippen LogP contribution is -2.30. The summed E-state index contributed by atoms with van der Waals surface area (Å²) in [7, 11) is 1.43. The van der Waals surface area contributed by atoms with Crippen molar-refractivity contribution in [3.05, 3.63) is 16.6 Å². The van der Waals surface area contributed by atoms with E-state index in [1.807, 2.05) is 6.92 Å². The third kappa shape index (κ3) is 3.65. The summed E-state index contributed by atoms with van der Waals surface area (Å²) in [5, 5.41) is 0. The molecule has 1 aliphatic carbocycles. The summed E-state index contributed by atoms with van der Waals surface area (Å²) in [6.45, 7) is 1.88. The normalized spacial score (nSPS) is 22.9. The van der Waals surface area contributed by atoms with Gasteiger partial charge in [0.25, 0.3) is 0 Å². The monoisotopic (exact) mass is 327 g/mol. The second-order valence-electron chi connectivity index (χ2n) is 4.72. The number of carbonyl (C=O) groups excluding carboxylic acids is 1. The Hall–Kier alpha value is -1.17. The van der Waals surface area contributed by atoms with E-state index in [1.165, 1.54) is 7.11 Å². The van der Waals surface area contributed by atoms with Crippen molar-refractivity contribution in [2.75, 3.05) is 7.11 Å². The minimum Gasteiger partial charge on any atom is -0.487 e. The van der Waals surface area contributed by atoms with E-state index in [9.17, 15) is 4.79 Å². The van der Waals surface area contributed by atoms with Gasteiger partial charge in [-0.3, -0.25) is 4.79 Å². The van der Waals surface area contributed by atoms with Gasteiger partial charge >= 0.3 is 5.97 Å². The smallest absolute Gasteiger partial charge is 0.308 e. The van der Waals surface area contributed by atoms with Gasteiger partial charge in [-0.1, -0.05) is 0 Å². The van der Waals surface area contributed by atoms with Gasteiger partial charge in [0, 0.05) is 0 Å². The van der Waals surface area contributed by atoms with Crippen LogP contribution in [0.2, 0.25) is 0 Å². The first-order valence-electron chi connectivity index (χ1n) is 6.33. The zero-order valence-corrected chi connectivity index (χ0v) is 12.6. The summed E-state index contributed by atoms with van der Waals surface area (Å²) < 4.78 is 11.3. The molecule has 19 heavy (non-hydrogen) atoms. The molecule has 0 unspecified atom stereocenters. The first kappa shape index (κ1) is 14.2. The quantitative estimate of drug-likeness (QED) is 0.631. The summed E-state index contributed by atoms with van der Waals surface area (Å²) in [5.74, 6) is 0.483. The van der Waals surface area contributed by atoms with E-state index >= 15 is 0 Å². The second-order valence-corrected chi connectivity index (χ2v) is 5.42. The molecule has 0 radical (unpaired) electrons. The number of rotatable bonds is 3. The number of halogens is 1. The third-order valence-electron chi connectivity index (χ3n) is 3.36. The number of hydrogen-bond acceptors (Lipinski definition) is 5. The van der Waals surface area contributed by atoms with E-state index < -0.39 is 0 Å². The van der Waals surface area contributed by atoms with Gasteiger partial charge in [0.05, 0.1) is 31.0 Å². The van der Waals surface area contributed by atoms with E-state index in [4.69, 9.17) is 9.47 Å². The molecule has 0 saturated heterocycles. The molecule has 1 saturated carbocycles. The molecule has 6 heteroatoms. The predicted octanol–water partition coefficient (Wildman–Crippen LogP) is 2.66. The van der Waals surface area contributed by atoms with Gasteiger partial charge in [0.2, 0.25) is 0 Å². The van der Waals surface area contributed by atoms with Gasteiger partial charge < -0.3 is 9.47 Å². The lowest BCUT2D eigenvalue weighted by molar-refractivity contribution is -0.147. The average Bonchev–Trinajstić information content (AvgIpc) is 2.41. The molecular formula is C13H17BrN2O3. The molecule has 1 fully saturated rings. The molecule has 0 spiro atoms. The van der Waals surface area contributed by atoms with Crippen LogP contribution in [0.3, 0.4) is 0 Å². The van der Waals surface area contributed by atoms with Crippen molar-refractivity contribution in [1.29, 1.82) is 0 Å². The number of aromatic nitrogens is 2. The number of aryl methyl sites for hydroxylation is 1. The van der Waals surface area contributed by atoms with Crippen LogP contribution >= 0.6 is 15.9 Å². The fourth-order valence-corrected chi connectivity index (χ4v) is 2.72. The van der Waals surface area contributed by atoms with E-state index in [-0.39, 0.29) is 18.0 Å². The summed E-state index contributed by atoms with van der Waals surface area (Å²) in [4.78, 5) is 19.8. The fraction of sp³-hybridized carbons (Fsp3) is 0.615. The number of hydrogen-bond donors (Lipinski definition) is 0. The molecule has 104 valence electrons. The molecular weight excluding hydrogens is 311 g/mol. The van der Waals surface area contributed by atoms with Gasteiger partial charge in [0.15, 0.2) is 10.5 Å². The van der Waals surface area contributed by atoms with E-state index in [0.29, 0.717) is 16.9 Å². The van der Waals surface area contributed by atoms with Crippen LogP contribution in [0.15, 0.2) is 10.9 Å². The second kappa shape index (κ2) is 6.32.